The SMILES string of the molecule is CCCCOc1ccc(Cc2cnc3c(N)nc(OCC4CCOC4)nn23)cn1. The normalized spacial score (nSPS) is 16.4. The van der Waals surface area contributed by atoms with Gasteiger partial charge < -0.3 is 19.9 Å². The second kappa shape index (κ2) is 9.04. The van der Waals surface area contributed by atoms with Gasteiger partial charge in [-0.25, -0.2) is 14.5 Å². The Morgan fingerprint density at radius 1 is 1.24 bits per heavy atom. The van der Waals surface area contributed by atoms with E-state index in [-0.39, 0.29) is 6.01 Å². The molecule has 1 unspecified atom stereocenters. The molecule has 9 heteroatoms. The van der Waals surface area contributed by atoms with Crippen LogP contribution in [0.25, 0.3) is 5.65 Å². The summed E-state index contributed by atoms with van der Waals surface area (Å²) < 4.78 is 18.4. The molecule has 3 aromatic rings. The number of anilines is 1. The van der Waals surface area contributed by atoms with Crippen molar-refractivity contribution in [3.63, 3.8) is 0 Å². The fourth-order valence-electron chi connectivity index (χ4n) is 3.15. The minimum Gasteiger partial charge on any atom is -0.478 e. The summed E-state index contributed by atoms with van der Waals surface area (Å²) in [7, 11) is 0. The highest BCUT2D eigenvalue weighted by molar-refractivity contribution is 5.59. The van der Waals surface area contributed by atoms with Crippen LogP contribution >= 0.6 is 0 Å². The van der Waals surface area contributed by atoms with E-state index in [4.69, 9.17) is 19.9 Å². The van der Waals surface area contributed by atoms with E-state index < -0.39 is 0 Å². The lowest BCUT2D eigenvalue weighted by molar-refractivity contribution is 0.163. The van der Waals surface area contributed by atoms with E-state index >= 15 is 0 Å². The zero-order valence-corrected chi connectivity index (χ0v) is 16.6. The van der Waals surface area contributed by atoms with Crippen molar-refractivity contribution in [3.8, 4) is 11.9 Å². The Balaban J connectivity index is 1.46. The third-order valence-electron chi connectivity index (χ3n) is 4.84. The molecule has 0 aromatic carbocycles. The van der Waals surface area contributed by atoms with Crippen LogP contribution in [-0.2, 0) is 11.2 Å². The Kier molecular flexibility index (Phi) is 6.04. The second-order valence-corrected chi connectivity index (χ2v) is 7.19. The summed E-state index contributed by atoms with van der Waals surface area (Å²) in [6, 6.07) is 4.13. The van der Waals surface area contributed by atoms with Crippen LogP contribution in [-0.4, -0.2) is 51.0 Å². The molecule has 29 heavy (non-hydrogen) atoms. The Labute approximate surface area is 169 Å². The first-order valence-electron chi connectivity index (χ1n) is 10.0. The largest absolute Gasteiger partial charge is 0.478 e. The predicted molar refractivity (Wildman–Crippen MR) is 107 cm³/mol. The van der Waals surface area contributed by atoms with Gasteiger partial charge >= 0.3 is 6.01 Å². The van der Waals surface area contributed by atoms with Gasteiger partial charge in [0.1, 0.15) is 0 Å². The Morgan fingerprint density at radius 3 is 2.93 bits per heavy atom. The molecule has 0 spiro atoms. The van der Waals surface area contributed by atoms with Crippen molar-refractivity contribution >= 4 is 11.5 Å². The molecule has 154 valence electrons. The predicted octanol–water partition coefficient (Wildman–Crippen LogP) is 2.29. The summed E-state index contributed by atoms with van der Waals surface area (Å²) in [5, 5.41) is 4.48. The molecule has 0 bridgehead atoms. The van der Waals surface area contributed by atoms with Crippen LogP contribution in [0.3, 0.4) is 0 Å². The van der Waals surface area contributed by atoms with Crippen LogP contribution < -0.4 is 15.2 Å². The van der Waals surface area contributed by atoms with Gasteiger partial charge in [-0.05, 0) is 18.4 Å². The quantitative estimate of drug-likeness (QED) is 0.547. The summed E-state index contributed by atoms with van der Waals surface area (Å²) in [5.74, 6) is 1.29. The number of rotatable bonds is 9. The van der Waals surface area contributed by atoms with Crippen molar-refractivity contribution in [2.75, 3.05) is 32.2 Å². The number of imidazole rings is 1. The van der Waals surface area contributed by atoms with E-state index in [9.17, 15) is 0 Å². The highest BCUT2D eigenvalue weighted by atomic mass is 16.5. The second-order valence-electron chi connectivity index (χ2n) is 7.19. The van der Waals surface area contributed by atoms with Gasteiger partial charge in [0.15, 0.2) is 11.5 Å². The van der Waals surface area contributed by atoms with Crippen molar-refractivity contribution in [1.82, 2.24) is 24.6 Å². The Morgan fingerprint density at radius 2 is 2.17 bits per heavy atom. The molecule has 0 radical (unpaired) electrons. The highest BCUT2D eigenvalue weighted by Crippen LogP contribution is 2.19. The van der Waals surface area contributed by atoms with Crippen molar-refractivity contribution in [2.45, 2.75) is 32.6 Å². The van der Waals surface area contributed by atoms with E-state index in [1.54, 1.807) is 10.7 Å². The molecule has 0 saturated carbocycles. The van der Waals surface area contributed by atoms with E-state index in [0.717, 1.165) is 37.1 Å². The lowest BCUT2D eigenvalue weighted by atomic mass is 10.1. The van der Waals surface area contributed by atoms with Crippen LogP contribution in [0, 0.1) is 5.92 Å². The monoisotopic (exact) mass is 398 g/mol. The minimum atomic E-state index is 0.249. The molecule has 1 saturated heterocycles. The summed E-state index contributed by atoms with van der Waals surface area (Å²) in [4.78, 5) is 12.9. The molecule has 0 amide bonds. The first kappa shape index (κ1) is 19.4. The Bertz CT molecular complexity index is 937. The van der Waals surface area contributed by atoms with Crippen LogP contribution in [0.1, 0.15) is 37.4 Å². The first-order chi connectivity index (χ1) is 14.2. The minimum absolute atomic E-state index is 0.249. The number of hydrogen-bond acceptors (Lipinski definition) is 8. The zero-order chi connectivity index (χ0) is 20.1. The molecule has 1 fully saturated rings. The van der Waals surface area contributed by atoms with Gasteiger partial charge in [0.25, 0.3) is 0 Å². The summed E-state index contributed by atoms with van der Waals surface area (Å²) >= 11 is 0. The smallest absolute Gasteiger partial charge is 0.336 e. The van der Waals surface area contributed by atoms with Gasteiger partial charge in [0.2, 0.25) is 5.88 Å². The number of fused-ring (bicyclic) bond motifs is 1. The molecular weight excluding hydrogens is 372 g/mol. The molecular formula is C20H26N6O3. The lowest BCUT2D eigenvalue weighted by Gasteiger charge is -2.10. The molecule has 1 aliphatic heterocycles. The standard InChI is InChI=1S/C20H26N6O3/c1-2-3-7-28-17-5-4-14(10-22-17)9-16-11-23-19-18(21)24-20(25-26(16)19)29-13-15-6-8-27-12-15/h4-5,10-11,15H,2-3,6-9,12-13H2,1H3,(H2,21,24,25). The van der Waals surface area contributed by atoms with Crippen LogP contribution in [0.15, 0.2) is 24.5 Å². The third-order valence-corrected chi connectivity index (χ3v) is 4.84. The van der Waals surface area contributed by atoms with Crippen LogP contribution in [0.5, 0.6) is 11.9 Å². The van der Waals surface area contributed by atoms with Gasteiger partial charge in [-0.3, -0.25) is 0 Å². The summed E-state index contributed by atoms with van der Waals surface area (Å²) in [6.07, 6.45) is 7.26. The maximum absolute atomic E-state index is 6.06. The van der Waals surface area contributed by atoms with Gasteiger partial charge in [-0.2, -0.15) is 4.98 Å². The van der Waals surface area contributed by atoms with Crippen molar-refractivity contribution in [3.05, 3.63) is 35.8 Å². The molecule has 3 aromatic heterocycles. The number of pyridine rings is 1. The van der Waals surface area contributed by atoms with Gasteiger partial charge in [-0.1, -0.05) is 19.4 Å². The Hall–Kier alpha value is -2.94. The van der Waals surface area contributed by atoms with Gasteiger partial charge in [0.05, 0.1) is 31.7 Å². The molecule has 4 rings (SSSR count). The summed E-state index contributed by atoms with van der Waals surface area (Å²) in [6.45, 7) is 4.81. The fraction of sp³-hybridized carbons (Fsp3) is 0.500. The van der Waals surface area contributed by atoms with Crippen molar-refractivity contribution in [2.24, 2.45) is 5.92 Å². The van der Waals surface area contributed by atoms with E-state index in [1.165, 1.54) is 0 Å². The number of nitrogens with zero attached hydrogens (tertiary/aromatic N) is 5. The first-order valence-corrected chi connectivity index (χ1v) is 10.0. The highest BCUT2D eigenvalue weighted by Gasteiger charge is 2.18. The fourth-order valence-corrected chi connectivity index (χ4v) is 3.15. The molecule has 1 aliphatic rings. The van der Waals surface area contributed by atoms with Crippen LogP contribution in [0.2, 0.25) is 0 Å². The molecule has 2 N–H and O–H groups in total. The number of nitrogen functional groups attached to an aromatic ring is 1. The zero-order valence-electron chi connectivity index (χ0n) is 16.6. The van der Waals surface area contributed by atoms with E-state index in [1.807, 2.05) is 18.3 Å². The maximum atomic E-state index is 6.06. The number of unbranched alkanes of at least 4 members (excludes halogenated alkanes) is 1. The van der Waals surface area contributed by atoms with Crippen LogP contribution in [0.4, 0.5) is 5.82 Å². The van der Waals surface area contributed by atoms with Crippen molar-refractivity contribution < 1.29 is 14.2 Å². The average molecular weight is 398 g/mol. The van der Waals surface area contributed by atoms with Gasteiger partial charge in [0, 0.05) is 31.2 Å². The molecule has 0 aliphatic carbocycles. The number of aromatic nitrogens is 5. The number of ether oxygens (including phenoxy) is 3. The van der Waals surface area contributed by atoms with E-state index in [0.29, 0.717) is 49.5 Å². The maximum Gasteiger partial charge on any atom is 0.336 e. The third kappa shape index (κ3) is 4.73. The topological polar surface area (TPSA) is 110 Å². The molecule has 9 nitrogen and oxygen atoms in total. The number of hydrogen-bond donors (Lipinski definition) is 1. The average Bonchev–Trinajstić information content (AvgIpc) is 3.39. The van der Waals surface area contributed by atoms with E-state index in [2.05, 4.69) is 27.0 Å². The lowest BCUT2D eigenvalue weighted by Crippen LogP contribution is -2.15. The van der Waals surface area contributed by atoms with Crippen molar-refractivity contribution in [1.29, 1.82) is 0 Å². The summed E-state index contributed by atoms with van der Waals surface area (Å²) in [5.41, 5.74) is 8.48. The van der Waals surface area contributed by atoms with Gasteiger partial charge in [-0.15, -0.1) is 5.10 Å². The molecule has 4 heterocycles. The number of nitrogens with two attached hydrogens (primary N) is 1. The molecule has 1 atom stereocenters.